The first kappa shape index (κ1) is 13.7. The third kappa shape index (κ3) is 3.65. The van der Waals surface area contributed by atoms with Crippen LogP contribution in [-0.4, -0.2) is 34.9 Å². The van der Waals surface area contributed by atoms with Crippen LogP contribution in [0.4, 0.5) is 0 Å². The molecule has 0 saturated heterocycles. The van der Waals surface area contributed by atoms with Crippen LogP contribution in [0.2, 0.25) is 0 Å². The summed E-state index contributed by atoms with van der Waals surface area (Å²) in [5, 5.41) is 20.1. The lowest BCUT2D eigenvalue weighted by molar-refractivity contribution is 0.322. The van der Waals surface area contributed by atoms with Crippen molar-refractivity contribution in [1.29, 1.82) is 0 Å². The Balaban J connectivity index is 2.22. The first-order chi connectivity index (χ1) is 8.83. The molecule has 0 spiro atoms. The third-order valence-electron chi connectivity index (χ3n) is 2.50. The summed E-state index contributed by atoms with van der Waals surface area (Å²) >= 11 is 3.32. The molecule has 0 aliphatic rings. The summed E-state index contributed by atoms with van der Waals surface area (Å²) in [6.45, 7) is 0.407. The van der Waals surface area contributed by atoms with Crippen LogP contribution < -0.4 is 0 Å². The van der Waals surface area contributed by atoms with Gasteiger partial charge in [0.1, 0.15) is 0 Å². The van der Waals surface area contributed by atoms with E-state index in [0.717, 1.165) is 11.5 Å². The van der Waals surface area contributed by atoms with E-state index in [9.17, 15) is 0 Å². The Hall–Kier alpha value is -0.680. The van der Waals surface area contributed by atoms with Crippen molar-refractivity contribution in [2.45, 2.75) is 9.79 Å². The maximum Gasteiger partial charge on any atom is 0.0525 e. The summed E-state index contributed by atoms with van der Waals surface area (Å²) in [6.07, 6.45) is 0. The van der Waals surface area contributed by atoms with E-state index in [4.69, 9.17) is 10.2 Å². The van der Waals surface area contributed by atoms with Gasteiger partial charge in [-0.3, -0.25) is 0 Å². The van der Waals surface area contributed by atoms with Gasteiger partial charge in [-0.1, -0.05) is 12.1 Å². The number of thioether (sulfide) groups is 2. The molecule has 0 heterocycles. The number of aliphatic hydroxyl groups excluding tert-OH is 2. The van der Waals surface area contributed by atoms with Crippen molar-refractivity contribution in [3.63, 3.8) is 0 Å². The van der Waals surface area contributed by atoms with Gasteiger partial charge < -0.3 is 10.2 Å². The zero-order valence-corrected chi connectivity index (χ0v) is 11.6. The van der Waals surface area contributed by atoms with Gasteiger partial charge in [-0.15, -0.1) is 23.5 Å². The molecule has 0 aliphatic heterocycles. The lowest BCUT2D eigenvalue weighted by Gasteiger charge is -2.05. The summed E-state index contributed by atoms with van der Waals surface area (Å²) in [4.78, 5) is 2.36. The number of benzene rings is 2. The predicted octanol–water partition coefficient (Wildman–Crippen LogP) is 3.01. The van der Waals surface area contributed by atoms with Gasteiger partial charge in [0.05, 0.1) is 13.2 Å². The maximum absolute atomic E-state index is 8.83. The predicted molar refractivity (Wildman–Crippen MR) is 79.6 cm³/mol. The van der Waals surface area contributed by atoms with Gasteiger partial charge in [0.2, 0.25) is 0 Å². The van der Waals surface area contributed by atoms with E-state index in [2.05, 4.69) is 36.4 Å². The smallest absolute Gasteiger partial charge is 0.0525 e. The zero-order valence-electron chi connectivity index (χ0n) is 10.0. The molecule has 0 fully saturated rings. The largest absolute Gasteiger partial charge is 0.396 e. The Bertz CT molecular complexity index is 471. The maximum atomic E-state index is 8.83. The van der Waals surface area contributed by atoms with Gasteiger partial charge in [0.25, 0.3) is 0 Å². The van der Waals surface area contributed by atoms with Crippen LogP contribution >= 0.6 is 23.5 Å². The van der Waals surface area contributed by atoms with Crippen molar-refractivity contribution in [3.8, 4) is 0 Å². The number of aliphatic hydroxyl groups is 2. The number of hydrogen-bond acceptors (Lipinski definition) is 4. The molecule has 0 aliphatic carbocycles. The van der Waals surface area contributed by atoms with Crippen LogP contribution in [0.25, 0.3) is 10.8 Å². The summed E-state index contributed by atoms with van der Waals surface area (Å²) < 4.78 is 0. The molecule has 0 aromatic heterocycles. The minimum Gasteiger partial charge on any atom is -0.396 e. The zero-order chi connectivity index (χ0) is 12.8. The van der Waals surface area contributed by atoms with Crippen molar-refractivity contribution in [2.24, 2.45) is 0 Å². The standard InChI is InChI=1S/C14H16O2S2/c15-5-7-17-13-3-1-11-2-4-14(18-8-6-16)10-12(11)9-13/h1-4,9-10,15-16H,5-8H2. The fourth-order valence-corrected chi connectivity index (χ4v) is 3.11. The number of rotatable bonds is 6. The SMILES string of the molecule is OCCSc1ccc2ccc(SCCO)cc2c1. The molecule has 0 bridgehead atoms. The normalized spacial score (nSPS) is 11.0. The van der Waals surface area contributed by atoms with E-state index >= 15 is 0 Å². The molecule has 0 amide bonds. The lowest BCUT2D eigenvalue weighted by Crippen LogP contribution is -1.86. The molecule has 2 nitrogen and oxygen atoms in total. The molecule has 2 aromatic carbocycles. The minimum absolute atomic E-state index is 0.203. The Kier molecular flexibility index (Phi) is 5.38. The second-order valence-electron chi connectivity index (χ2n) is 3.81. The summed E-state index contributed by atoms with van der Waals surface area (Å²) in [5.74, 6) is 1.45. The molecule has 2 rings (SSSR count). The third-order valence-corrected chi connectivity index (χ3v) is 4.45. The highest BCUT2D eigenvalue weighted by Gasteiger charge is 2.00. The number of hydrogen-bond donors (Lipinski definition) is 2. The molecule has 18 heavy (non-hydrogen) atoms. The second kappa shape index (κ2) is 7.04. The van der Waals surface area contributed by atoms with Crippen LogP contribution in [-0.2, 0) is 0 Å². The van der Waals surface area contributed by atoms with Crippen LogP contribution in [0.5, 0.6) is 0 Å². The molecule has 0 atom stereocenters. The Morgan fingerprint density at radius 2 is 1.22 bits per heavy atom. The average Bonchev–Trinajstić information content (AvgIpc) is 2.42. The van der Waals surface area contributed by atoms with Gasteiger partial charge in [-0.2, -0.15) is 0 Å². The van der Waals surface area contributed by atoms with Gasteiger partial charge >= 0.3 is 0 Å². The van der Waals surface area contributed by atoms with Gasteiger partial charge in [-0.05, 0) is 35.0 Å². The molecule has 2 aromatic rings. The summed E-state index contributed by atoms with van der Waals surface area (Å²) in [7, 11) is 0. The molecule has 0 radical (unpaired) electrons. The molecular weight excluding hydrogens is 264 g/mol. The highest BCUT2D eigenvalue weighted by Crippen LogP contribution is 2.27. The highest BCUT2D eigenvalue weighted by molar-refractivity contribution is 7.99. The molecule has 0 unspecified atom stereocenters. The first-order valence-corrected chi connectivity index (χ1v) is 7.82. The van der Waals surface area contributed by atoms with Crippen LogP contribution in [0.15, 0.2) is 46.2 Å². The van der Waals surface area contributed by atoms with Gasteiger partial charge in [0.15, 0.2) is 0 Å². The topological polar surface area (TPSA) is 40.5 Å². The van der Waals surface area contributed by atoms with Crippen LogP contribution in [0.1, 0.15) is 0 Å². The summed E-state index contributed by atoms with van der Waals surface area (Å²) in [5.41, 5.74) is 0. The fraction of sp³-hybridized carbons (Fsp3) is 0.286. The Labute approximate surface area is 115 Å². The Morgan fingerprint density at radius 3 is 1.67 bits per heavy atom. The van der Waals surface area contributed by atoms with Crippen molar-refractivity contribution in [2.75, 3.05) is 24.7 Å². The lowest BCUT2D eigenvalue weighted by atomic mass is 10.1. The molecule has 96 valence electrons. The van der Waals surface area contributed by atoms with Crippen molar-refractivity contribution in [3.05, 3.63) is 36.4 Å². The molecule has 4 heteroatoms. The summed E-state index contributed by atoms with van der Waals surface area (Å²) in [6, 6.07) is 12.7. The van der Waals surface area contributed by atoms with E-state index in [1.54, 1.807) is 23.5 Å². The quantitative estimate of drug-likeness (QED) is 0.798. The molecule has 2 N–H and O–H groups in total. The van der Waals surface area contributed by atoms with E-state index in [-0.39, 0.29) is 13.2 Å². The van der Waals surface area contributed by atoms with E-state index in [1.807, 2.05) is 0 Å². The fourth-order valence-electron chi connectivity index (χ4n) is 1.71. The Morgan fingerprint density at radius 1 is 0.722 bits per heavy atom. The van der Waals surface area contributed by atoms with E-state index < -0.39 is 0 Å². The first-order valence-electron chi connectivity index (χ1n) is 5.84. The van der Waals surface area contributed by atoms with Crippen molar-refractivity contribution < 1.29 is 10.2 Å². The van der Waals surface area contributed by atoms with E-state index in [0.29, 0.717) is 0 Å². The second-order valence-corrected chi connectivity index (χ2v) is 6.15. The van der Waals surface area contributed by atoms with Crippen molar-refractivity contribution >= 4 is 34.3 Å². The van der Waals surface area contributed by atoms with Gasteiger partial charge in [0, 0.05) is 21.3 Å². The van der Waals surface area contributed by atoms with Crippen LogP contribution in [0, 0.1) is 0 Å². The molecule has 0 saturated carbocycles. The monoisotopic (exact) mass is 280 g/mol. The van der Waals surface area contributed by atoms with E-state index in [1.165, 1.54) is 20.6 Å². The van der Waals surface area contributed by atoms with Crippen LogP contribution in [0.3, 0.4) is 0 Å². The van der Waals surface area contributed by atoms with Crippen molar-refractivity contribution in [1.82, 2.24) is 0 Å². The van der Waals surface area contributed by atoms with Gasteiger partial charge in [-0.25, -0.2) is 0 Å². The average molecular weight is 280 g/mol. The number of fused-ring (bicyclic) bond motifs is 1. The molecular formula is C14H16O2S2. The highest BCUT2D eigenvalue weighted by atomic mass is 32.2. The minimum atomic E-state index is 0.203.